The van der Waals surface area contributed by atoms with Crippen LogP contribution in [0, 0.1) is 11.8 Å². The number of benzene rings is 3. The van der Waals surface area contributed by atoms with Gasteiger partial charge in [0.05, 0.1) is 73.8 Å². The Labute approximate surface area is 402 Å². The van der Waals surface area contributed by atoms with Gasteiger partial charge in [0.1, 0.15) is 6.04 Å². The highest BCUT2D eigenvalue weighted by Crippen LogP contribution is 2.48. The molecule has 3 aliphatic rings. The van der Waals surface area contributed by atoms with E-state index in [2.05, 4.69) is 10.2 Å². The van der Waals surface area contributed by atoms with Gasteiger partial charge >= 0.3 is 18.1 Å². The molecule has 0 bridgehead atoms. The van der Waals surface area contributed by atoms with E-state index in [9.17, 15) is 41.9 Å². The maximum Gasteiger partial charge on any atom is 0.416 e. The van der Waals surface area contributed by atoms with Crippen LogP contribution in [0.1, 0.15) is 113 Å². The van der Waals surface area contributed by atoms with Gasteiger partial charge in [-0.3, -0.25) is 28.8 Å². The van der Waals surface area contributed by atoms with Gasteiger partial charge in [-0.1, -0.05) is 36.4 Å². The summed E-state index contributed by atoms with van der Waals surface area (Å²) in [5, 5.41) is 2.95. The smallest absolute Gasteiger partial charge is 0.416 e. The first kappa shape index (κ1) is 52.6. The first-order valence-corrected chi connectivity index (χ1v) is 23.5. The number of nitrogens with one attached hydrogen (secondary N) is 1. The van der Waals surface area contributed by atoms with Crippen molar-refractivity contribution >= 4 is 46.8 Å². The number of halogens is 3. The number of ketones is 1. The van der Waals surface area contributed by atoms with Gasteiger partial charge in [0, 0.05) is 45.1 Å². The van der Waals surface area contributed by atoms with Gasteiger partial charge in [0.15, 0.2) is 5.78 Å². The van der Waals surface area contributed by atoms with Crippen LogP contribution in [0.3, 0.4) is 0 Å². The fourth-order valence-electron chi connectivity index (χ4n) is 9.95. The fourth-order valence-corrected chi connectivity index (χ4v) is 9.95. The molecular weight excluding hydrogens is 898 g/mol. The molecule has 374 valence electrons. The SMILES string of the molecule is COC(=O)C[C@H](C(=O)N1CCCC1C(=O)Nc1ccc([C@H]2CC[C@H](c3ccc(CC(=O)[C@@H]4CCCN4C(=O)[C@@H](CC(=O)OC)C(C)(C)OC)cc3)N2c2ccc(C(F)(F)F)cc2)cc1)C(C)(C)OC. The van der Waals surface area contributed by atoms with Crippen LogP contribution in [0.4, 0.5) is 24.5 Å². The molecule has 3 aromatic carbocycles. The van der Waals surface area contributed by atoms with Gasteiger partial charge in [-0.05, 0) is 119 Å². The Morgan fingerprint density at radius 1 is 0.623 bits per heavy atom. The summed E-state index contributed by atoms with van der Waals surface area (Å²) in [6.07, 6.45) is -1.36. The van der Waals surface area contributed by atoms with Crippen LogP contribution in [-0.4, -0.2) is 110 Å². The van der Waals surface area contributed by atoms with Gasteiger partial charge in [-0.15, -0.1) is 0 Å². The average molecular weight is 963 g/mol. The Balaban J connectivity index is 1.18. The molecule has 3 heterocycles. The maximum atomic E-state index is 13.9. The number of amides is 3. The number of methoxy groups -OCH3 is 4. The van der Waals surface area contributed by atoms with Crippen LogP contribution in [0.25, 0.3) is 0 Å². The number of carbonyl (C=O) groups excluding carboxylic acids is 6. The van der Waals surface area contributed by atoms with E-state index in [4.69, 9.17) is 18.9 Å². The van der Waals surface area contributed by atoms with Gasteiger partial charge in [-0.2, -0.15) is 13.2 Å². The topological polar surface area (TPSA) is 161 Å². The normalized spacial score (nSPS) is 20.7. The lowest BCUT2D eigenvalue weighted by Gasteiger charge is -2.36. The molecule has 3 aliphatic heterocycles. The summed E-state index contributed by atoms with van der Waals surface area (Å²) >= 11 is 0. The predicted octanol–water partition coefficient (Wildman–Crippen LogP) is 8.03. The minimum Gasteiger partial charge on any atom is -0.469 e. The van der Waals surface area contributed by atoms with E-state index in [1.54, 1.807) is 44.7 Å². The van der Waals surface area contributed by atoms with Crippen molar-refractivity contribution in [3.8, 4) is 0 Å². The van der Waals surface area contributed by atoms with Crippen molar-refractivity contribution in [1.82, 2.24) is 9.80 Å². The molecule has 6 rings (SSSR count). The maximum absolute atomic E-state index is 13.9. The van der Waals surface area contributed by atoms with Crippen LogP contribution >= 0.6 is 0 Å². The summed E-state index contributed by atoms with van der Waals surface area (Å²) in [6, 6.07) is 18.1. The summed E-state index contributed by atoms with van der Waals surface area (Å²) < 4.78 is 62.1. The Morgan fingerprint density at radius 2 is 1.07 bits per heavy atom. The minimum absolute atomic E-state index is 0.0693. The van der Waals surface area contributed by atoms with Crippen LogP contribution in [0.2, 0.25) is 0 Å². The summed E-state index contributed by atoms with van der Waals surface area (Å²) in [5.74, 6) is -4.06. The zero-order valence-corrected chi connectivity index (χ0v) is 40.7. The monoisotopic (exact) mass is 962 g/mol. The van der Waals surface area contributed by atoms with Crippen LogP contribution in [-0.2, 0) is 60.3 Å². The van der Waals surface area contributed by atoms with Crippen LogP contribution < -0.4 is 10.2 Å². The molecule has 1 N–H and O–H groups in total. The molecule has 3 saturated heterocycles. The molecule has 0 aromatic heterocycles. The van der Waals surface area contributed by atoms with Gasteiger partial charge < -0.3 is 39.0 Å². The second kappa shape index (κ2) is 21.9. The van der Waals surface area contributed by atoms with Crippen molar-refractivity contribution in [2.75, 3.05) is 51.7 Å². The molecule has 0 saturated carbocycles. The number of likely N-dealkylation sites (tertiary alicyclic amines) is 2. The van der Waals surface area contributed by atoms with E-state index in [0.717, 1.165) is 28.8 Å². The first-order valence-electron chi connectivity index (χ1n) is 23.5. The molecule has 0 radical (unpaired) electrons. The number of esters is 2. The summed E-state index contributed by atoms with van der Waals surface area (Å²) in [4.78, 5) is 85.2. The number of rotatable bonds is 18. The summed E-state index contributed by atoms with van der Waals surface area (Å²) in [5.41, 5.74) is 0.849. The molecular formula is C52H65F3N4O10. The molecule has 0 aliphatic carbocycles. The van der Waals surface area contributed by atoms with Crippen molar-refractivity contribution in [3.05, 3.63) is 95.1 Å². The van der Waals surface area contributed by atoms with Gasteiger partial charge in [0.2, 0.25) is 17.7 Å². The standard InChI is InChI=1S/C52H65F3N4O10/c1-50(2,68-7)38(30-45(61)66-5)48(64)57-27-9-11-42(57)44(60)29-32-13-15-33(16-14-32)40-25-26-41(59(40)37-23-19-35(20-24-37)52(53,54)55)34-17-21-36(22-18-34)56-47(63)43-12-10-28-58(43)49(65)39(31-46(62)67-6)51(3,4)69-8/h13-24,38-43H,9-12,25-31H2,1-8H3,(H,56,63)/t38-,39-,40-,41-,42+,43?/m1/s1. The van der Waals surface area contributed by atoms with E-state index < -0.39 is 58.8 Å². The number of anilines is 2. The largest absolute Gasteiger partial charge is 0.469 e. The Hall–Kier alpha value is -5.81. The molecule has 3 fully saturated rings. The number of hydrogen-bond acceptors (Lipinski definition) is 11. The zero-order valence-electron chi connectivity index (χ0n) is 40.7. The van der Waals surface area contributed by atoms with E-state index in [1.165, 1.54) is 45.5 Å². The average Bonchev–Trinajstić information content (AvgIpc) is 4.13. The molecule has 14 nitrogen and oxygen atoms in total. The zero-order chi connectivity index (χ0) is 50.4. The van der Waals surface area contributed by atoms with Crippen molar-refractivity contribution in [1.29, 1.82) is 0 Å². The molecule has 1 unspecified atom stereocenters. The highest BCUT2D eigenvalue weighted by molar-refractivity contribution is 5.98. The summed E-state index contributed by atoms with van der Waals surface area (Å²) in [7, 11) is 5.44. The number of Topliss-reactive ketones (excluding diaryl/α,β-unsaturated/α-hetero) is 1. The van der Waals surface area contributed by atoms with E-state index >= 15 is 0 Å². The van der Waals surface area contributed by atoms with Gasteiger partial charge in [0.25, 0.3) is 0 Å². The number of ether oxygens (including phenoxy) is 4. The number of carbonyl (C=O) groups is 6. The lowest BCUT2D eigenvalue weighted by Crippen LogP contribution is -2.51. The lowest BCUT2D eigenvalue weighted by molar-refractivity contribution is -0.157. The van der Waals surface area contributed by atoms with Crippen LogP contribution in [0.15, 0.2) is 72.8 Å². The second-order valence-corrected chi connectivity index (χ2v) is 19.2. The van der Waals surface area contributed by atoms with E-state index in [0.29, 0.717) is 63.0 Å². The van der Waals surface area contributed by atoms with E-state index in [-0.39, 0.29) is 54.9 Å². The number of hydrogen-bond donors (Lipinski definition) is 1. The molecule has 0 spiro atoms. The molecule has 3 amide bonds. The quantitative estimate of drug-likeness (QED) is 0.123. The first-order chi connectivity index (χ1) is 32.6. The Morgan fingerprint density at radius 3 is 1.52 bits per heavy atom. The van der Waals surface area contributed by atoms with Crippen LogP contribution in [0.5, 0.6) is 0 Å². The Kier molecular flexibility index (Phi) is 16.7. The highest BCUT2D eigenvalue weighted by Gasteiger charge is 2.46. The molecule has 3 aromatic rings. The van der Waals surface area contributed by atoms with Gasteiger partial charge in [-0.25, -0.2) is 0 Å². The molecule has 69 heavy (non-hydrogen) atoms. The molecule has 6 atom stereocenters. The van der Waals surface area contributed by atoms with E-state index in [1.807, 2.05) is 36.4 Å². The molecule has 17 heteroatoms. The number of nitrogens with zero attached hydrogens (tertiary/aromatic N) is 3. The Bertz CT molecular complexity index is 2190. The van der Waals surface area contributed by atoms with Crippen molar-refractivity contribution in [2.24, 2.45) is 11.8 Å². The third-order valence-corrected chi connectivity index (χ3v) is 14.5. The summed E-state index contributed by atoms with van der Waals surface area (Å²) in [6.45, 7) is 7.60. The number of alkyl halides is 3. The third-order valence-electron chi connectivity index (χ3n) is 14.5. The van der Waals surface area contributed by atoms with Crippen molar-refractivity contribution < 1.29 is 60.9 Å². The second-order valence-electron chi connectivity index (χ2n) is 19.2. The van der Waals surface area contributed by atoms with Crippen molar-refractivity contribution in [3.63, 3.8) is 0 Å². The minimum atomic E-state index is -4.52. The van der Waals surface area contributed by atoms with Crippen molar-refractivity contribution in [2.45, 2.75) is 127 Å². The fraction of sp³-hybridized carbons (Fsp3) is 0.538. The lowest BCUT2D eigenvalue weighted by atomic mass is 9.86. The predicted molar refractivity (Wildman–Crippen MR) is 251 cm³/mol. The highest BCUT2D eigenvalue weighted by atomic mass is 19.4. The third kappa shape index (κ3) is 12.0.